The number of benzene rings is 2. The molecule has 2 heterocycles. The van der Waals surface area contributed by atoms with Gasteiger partial charge in [0.2, 0.25) is 11.8 Å². The number of nitrogens with zero attached hydrogens (tertiary/aromatic N) is 3. The van der Waals surface area contributed by atoms with Crippen LogP contribution < -0.4 is 16.0 Å². The minimum Gasteiger partial charge on any atom is -0.334 e. The quantitative estimate of drug-likeness (QED) is 0.459. The van der Waals surface area contributed by atoms with E-state index >= 15 is 0 Å². The van der Waals surface area contributed by atoms with Crippen LogP contribution in [0.5, 0.6) is 0 Å². The third-order valence-electron chi connectivity index (χ3n) is 4.87. The second-order valence-corrected chi connectivity index (χ2v) is 8.49. The molecular formula is C22H21FN6O3S. The fourth-order valence-corrected chi connectivity index (χ4v) is 4.20. The van der Waals surface area contributed by atoms with Crippen molar-refractivity contribution in [1.82, 2.24) is 25.4 Å². The van der Waals surface area contributed by atoms with Gasteiger partial charge in [-0.25, -0.2) is 9.18 Å². The first-order chi connectivity index (χ1) is 15.9. The number of urea groups is 1. The molecule has 4 rings (SSSR count). The van der Waals surface area contributed by atoms with Gasteiger partial charge in [-0.3, -0.25) is 19.5 Å². The highest BCUT2D eigenvalue weighted by atomic mass is 32.2. The highest BCUT2D eigenvalue weighted by Crippen LogP contribution is 2.24. The number of aryl methyl sites for hydroxylation is 1. The molecule has 170 valence electrons. The lowest BCUT2D eigenvalue weighted by Crippen LogP contribution is -2.53. The molecule has 1 atom stereocenters. The summed E-state index contributed by atoms with van der Waals surface area (Å²) >= 11 is 1.20. The average molecular weight is 469 g/mol. The van der Waals surface area contributed by atoms with E-state index in [1.807, 2.05) is 35.8 Å². The van der Waals surface area contributed by atoms with E-state index in [4.69, 9.17) is 0 Å². The van der Waals surface area contributed by atoms with Gasteiger partial charge in [0.1, 0.15) is 11.6 Å². The zero-order chi connectivity index (χ0) is 23.4. The lowest BCUT2D eigenvalue weighted by atomic mass is 10.1. The van der Waals surface area contributed by atoms with Crippen LogP contribution in [0, 0.1) is 12.7 Å². The Balaban J connectivity index is 1.53. The summed E-state index contributed by atoms with van der Waals surface area (Å²) in [5.41, 5.74) is 2.33. The molecule has 1 saturated heterocycles. The molecular weight excluding hydrogens is 447 g/mol. The Bertz CT molecular complexity index is 1180. The number of nitrogens with one attached hydrogen (secondary N) is 3. The lowest BCUT2D eigenvalue weighted by molar-refractivity contribution is -0.121. The van der Waals surface area contributed by atoms with Crippen molar-refractivity contribution in [2.45, 2.75) is 31.0 Å². The van der Waals surface area contributed by atoms with Gasteiger partial charge < -0.3 is 10.6 Å². The second-order valence-electron chi connectivity index (χ2n) is 7.54. The zero-order valence-corrected chi connectivity index (χ0v) is 18.5. The van der Waals surface area contributed by atoms with Crippen LogP contribution in [0.2, 0.25) is 0 Å². The average Bonchev–Trinajstić information content (AvgIpc) is 3.15. The molecule has 1 aromatic heterocycles. The van der Waals surface area contributed by atoms with E-state index in [0.717, 1.165) is 11.3 Å². The van der Waals surface area contributed by atoms with E-state index < -0.39 is 12.1 Å². The first-order valence-corrected chi connectivity index (χ1v) is 11.2. The molecule has 9 nitrogen and oxygen atoms in total. The summed E-state index contributed by atoms with van der Waals surface area (Å²) in [6, 6.07) is 12.3. The SMILES string of the molecule is Cc1cccc(-n2c(CC3CC(=O)NC(=O)N3)nnc2SCC(=O)Nc2ccc(F)cc2)c1. The molecule has 0 aliphatic carbocycles. The number of amides is 4. The summed E-state index contributed by atoms with van der Waals surface area (Å²) in [6.45, 7) is 1.96. The largest absolute Gasteiger partial charge is 0.334 e. The number of rotatable bonds is 7. The molecule has 1 aliphatic rings. The Labute approximate surface area is 193 Å². The summed E-state index contributed by atoms with van der Waals surface area (Å²) in [5, 5.41) is 16.7. The van der Waals surface area contributed by atoms with Crippen molar-refractivity contribution >= 4 is 35.3 Å². The van der Waals surface area contributed by atoms with Crippen molar-refractivity contribution in [2.75, 3.05) is 11.1 Å². The maximum Gasteiger partial charge on any atom is 0.321 e. The maximum absolute atomic E-state index is 13.1. The van der Waals surface area contributed by atoms with Gasteiger partial charge in [-0.05, 0) is 48.9 Å². The smallest absolute Gasteiger partial charge is 0.321 e. The number of hydrogen-bond acceptors (Lipinski definition) is 6. The number of halogens is 1. The normalized spacial score (nSPS) is 15.6. The Morgan fingerprint density at radius 2 is 2.00 bits per heavy atom. The van der Waals surface area contributed by atoms with Crippen molar-refractivity contribution in [3.8, 4) is 5.69 Å². The highest BCUT2D eigenvalue weighted by Gasteiger charge is 2.27. The number of imide groups is 1. The molecule has 1 unspecified atom stereocenters. The molecule has 11 heteroatoms. The zero-order valence-electron chi connectivity index (χ0n) is 17.7. The van der Waals surface area contributed by atoms with Gasteiger partial charge in [0.15, 0.2) is 5.16 Å². The molecule has 3 N–H and O–H groups in total. The van der Waals surface area contributed by atoms with Crippen molar-refractivity contribution in [1.29, 1.82) is 0 Å². The van der Waals surface area contributed by atoms with Crippen molar-refractivity contribution < 1.29 is 18.8 Å². The molecule has 2 aromatic carbocycles. The summed E-state index contributed by atoms with van der Waals surface area (Å²) in [4.78, 5) is 35.8. The van der Waals surface area contributed by atoms with Crippen LogP contribution in [-0.4, -0.2) is 44.4 Å². The number of anilines is 1. The van der Waals surface area contributed by atoms with E-state index in [1.165, 1.54) is 36.0 Å². The van der Waals surface area contributed by atoms with Crippen LogP contribution in [0.1, 0.15) is 17.8 Å². The highest BCUT2D eigenvalue weighted by molar-refractivity contribution is 7.99. The molecule has 0 bridgehead atoms. The van der Waals surface area contributed by atoms with Gasteiger partial charge in [-0.1, -0.05) is 23.9 Å². The minimum atomic E-state index is -0.537. The summed E-state index contributed by atoms with van der Waals surface area (Å²) in [5.74, 6) is -0.389. The van der Waals surface area contributed by atoms with E-state index in [-0.39, 0.29) is 29.8 Å². The molecule has 33 heavy (non-hydrogen) atoms. The van der Waals surface area contributed by atoms with E-state index in [2.05, 4.69) is 26.1 Å². The van der Waals surface area contributed by atoms with Gasteiger partial charge in [0, 0.05) is 30.3 Å². The molecule has 0 radical (unpaired) electrons. The first-order valence-electron chi connectivity index (χ1n) is 10.2. The predicted octanol–water partition coefficient (Wildman–Crippen LogP) is 2.59. The Morgan fingerprint density at radius 3 is 2.73 bits per heavy atom. The van der Waals surface area contributed by atoms with Gasteiger partial charge in [-0.15, -0.1) is 10.2 Å². The van der Waals surface area contributed by atoms with Gasteiger partial charge in [-0.2, -0.15) is 0 Å². The standard InChI is InChI=1S/C22H21FN6O3S/c1-13-3-2-4-17(9-13)29-18(10-16-11-19(30)26-21(32)25-16)27-28-22(29)33-12-20(31)24-15-7-5-14(23)6-8-15/h2-9,16H,10-12H2,1H3,(H,24,31)(H2,25,26,30,32). The van der Waals surface area contributed by atoms with Gasteiger partial charge >= 0.3 is 6.03 Å². The van der Waals surface area contributed by atoms with E-state index in [0.29, 0.717) is 23.1 Å². The minimum absolute atomic E-state index is 0.0594. The topological polar surface area (TPSA) is 118 Å². The summed E-state index contributed by atoms with van der Waals surface area (Å²) in [6.07, 6.45) is 0.428. The van der Waals surface area contributed by atoms with Crippen LogP contribution in [0.25, 0.3) is 5.69 Å². The van der Waals surface area contributed by atoms with Crippen molar-refractivity contribution in [2.24, 2.45) is 0 Å². The molecule has 4 amide bonds. The Hall–Kier alpha value is -3.73. The van der Waals surface area contributed by atoms with E-state index in [9.17, 15) is 18.8 Å². The molecule has 0 saturated carbocycles. The van der Waals surface area contributed by atoms with Crippen molar-refractivity contribution in [3.63, 3.8) is 0 Å². The second kappa shape index (κ2) is 9.82. The number of thioether (sulfide) groups is 1. The fourth-order valence-electron chi connectivity index (χ4n) is 3.43. The first kappa shape index (κ1) is 22.5. The van der Waals surface area contributed by atoms with Crippen LogP contribution in [0.15, 0.2) is 53.7 Å². The number of carbonyl (C=O) groups is 3. The van der Waals surface area contributed by atoms with Gasteiger partial charge in [0.25, 0.3) is 0 Å². The number of aromatic nitrogens is 3. The molecule has 0 spiro atoms. The fraction of sp³-hybridized carbons (Fsp3) is 0.227. The Kier molecular flexibility index (Phi) is 6.68. The molecule has 1 fully saturated rings. The number of carbonyl (C=O) groups excluding carboxylic acids is 3. The monoisotopic (exact) mass is 468 g/mol. The van der Waals surface area contributed by atoms with E-state index in [1.54, 1.807) is 0 Å². The molecule has 3 aromatic rings. The van der Waals surface area contributed by atoms with Crippen LogP contribution in [-0.2, 0) is 16.0 Å². The lowest BCUT2D eigenvalue weighted by Gasteiger charge is -2.23. The van der Waals surface area contributed by atoms with Crippen LogP contribution in [0.4, 0.5) is 14.9 Å². The van der Waals surface area contributed by atoms with Crippen LogP contribution in [0.3, 0.4) is 0 Å². The number of hydrogen-bond donors (Lipinski definition) is 3. The van der Waals surface area contributed by atoms with Crippen molar-refractivity contribution in [3.05, 3.63) is 65.7 Å². The summed E-state index contributed by atoms with van der Waals surface area (Å²) < 4.78 is 14.9. The molecule has 1 aliphatic heterocycles. The van der Waals surface area contributed by atoms with Crippen LogP contribution >= 0.6 is 11.8 Å². The maximum atomic E-state index is 13.1. The summed E-state index contributed by atoms with van der Waals surface area (Å²) in [7, 11) is 0. The predicted molar refractivity (Wildman–Crippen MR) is 121 cm³/mol. The Morgan fingerprint density at radius 1 is 1.21 bits per heavy atom. The third-order valence-corrected chi connectivity index (χ3v) is 5.80. The third kappa shape index (κ3) is 5.75. The van der Waals surface area contributed by atoms with Gasteiger partial charge in [0.05, 0.1) is 5.75 Å².